The first-order valence-corrected chi connectivity index (χ1v) is 12.1. The predicted octanol–water partition coefficient (Wildman–Crippen LogP) is 5.20. The molecule has 0 unspecified atom stereocenters. The molecular weight excluding hydrogens is 441 g/mol. The number of rotatable bonds is 4. The standard InChI is InChI=1S/C28H32FN5O/c1-19-14-21(15-20(2)24(19)29)25-30-16-23(17-31-25)34-18-27(32-26(34)35)10-12-28(13-11-27,33(3)4)22-8-6-5-7-9-22/h5-9,14-17H,10-13,18H2,1-4H3,(H,32,35). The van der Waals surface area contributed by atoms with Gasteiger partial charge in [-0.15, -0.1) is 0 Å². The number of nitrogens with one attached hydrogen (secondary N) is 1. The molecule has 1 N–H and O–H groups in total. The summed E-state index contributed by atoms with van der Waals surface area (Å²) in [4.78, 5) is 26.1. The van der Waals surface area contributed by atoms with Crippen molar-refractivity contribution in [3.63, 3.8) is 0 Å². The second-order valence-corrected chi connectivity index (χ2v) is 10.3. The zero-order valence-electron chi connectivity index (χ0n) is 20.8. The summed E-state index contributed by atoms with van der Waals surface area (Å²) >= 11 is 0. The van der Waals surface area contributed by atoms with Gasteiger partial charge in [-0.2, -0.15) is 0 Å². The van der Waals surface area contributed by atoms with Gasteiger partial charge in [0.25, 0.3) is 0 Å². The Bertz CT molecular complexity index is 1210. The van der Waals surface area contributed by atoms with Crippen molar-refractivity contribution in [2.45, 2.75) is 50.6 Å². The minimum atomic E-state index is -0.255. The zero-order valence-corrected chi connectivity index (χ0v) is 20.8. The molecule has 2 aliphatic rings. The summed E-state index contributed by atoms with van der Waals surface area (Å²) in [6.07, 6.45) is 7.11. The lowest BCUT2D eigenvalue weighted by Gasteiger charge is -2.48. The van der Waals surface area contributed by atoms with Crippen LogP contribution in [-0.2, 0) is 5.54 Å². The number of nitrogens with zero attached hydrogens (tertiary/aromatic N) is 4. The van der Waals surface area contributed by atoms with Crippen LogP contribution in [0.5, 0.6) is 0 Å². The van der Waals surface area contributed by atoms with Gasteiger partial charge >= 0.3 is 6.03 Å². The normalized spacial score (nSPS) is 24.3. The van der Waals surface area contributed by atoms with E-state index in [0.29, 0.717) is 29.2 Å². The molecule has 1 spiro atoms. The van der Waals surface area contributed by atoms with Crippen molar-refractivity contribution in [2.75, 3.05) is 25.5 Å². The van der Waals surface area contributed by atoms with E-state index in [9.17, 15) is 9.18 Å². The Morgan fingerprint density at radius 2 is 1.57 bits per heavy atom. The molecule has 35 heavy (non-hydrogen) atoms. The van der Waals surface area contributed by atoms with Crippen LogP contribution in [0.3, 0.4) is 0 Å². The predicted molar refractivity (Wildman–Crippen MR) is 136 cm³/mol. The molecule has 2 aromatic carbocycles. The molecule has 3 aromatic rings. The quantitative estimate of drug-likeness (QED) is 0.566. The van der Waals surface area contributed by atoms with E-state index in [0.717, 1.165) is 31.2 Å². The Morgan fingerprint density at radius 3 is 2.14 bits per heavy atom. The van der Waals surface area contributed by atoms with Gasteiger partial charge < -0.3 is 5.32 Å². The monoisotopic (exact) mass is 473 g/mol. The molecule has 7 heteroatoms. The van der Waals surface area contributed by atoms with Crippen LogP contribution in [0.1, 0.15) is 42.4 Å². The van der Waals surface area contributed by atoms with Crippen LogP contribution in [0.4, 0.5) is 14.9 Å². The van der Waals surface area contributed by atoms with Crippen molar-refractivity contribution in [3.8, 4) is 11.4 Å². The molecule has 0 bridgehead atoms. The second kappa shape index (κ2) is 8.72. The van der Waals surface area contributed by atoms with Crippen molar-refractivity contribution in [2.24, 2.45) is 0 Å². The molecule has 2 fully saturated rings. The van der Waals surface area contributed by atoms with E-state index in [-0.39, 0.29) is 22.9 Å². The molecule has 1 saturated carbocycles. The molecule has 1 aromatic heterocycles. The molecule has 0 atom stereocenters. The summed E-state index contributed by atoms with van der Waals surface area (Å²) in [5.41, 5.74) is 3.62. The van der Waals surface area contributed by atoms with Crippen LogP contribution >= 0.6 is 0 Å². The maximum Gasteiger partial charge on any atom is 0.322 e. The molecule has 0 radical (unpaired) electrons. The lowest BCUT2D eigenvalue weighted by molar-refractivity contribution is 0.0658. The molecule has 1 saturated heterocycles. The van der Waals surface area contributed by atoms with Crippen LogP contribution in [0.25, 0.3) is 11.4 Å². The van der Waals surface area contributed by atoms with Crippen molar-refractivity contribution < 1.29 is 9.18 Å². The van der Waals surface area contributed by atoms with Crippen LogP contribution in [-0.4, -0.2) is 47.1 Å². The maximum absolute atomic E-state index is 14.0. The number of amides is 2. The summed E-state index contributed by atoms with van der Waals surface area (Å²) in [6, 6.07) is 14.1. The van der Waals surface area contributed by atoms with Crippen molar-refractivity contribution >= 4 is 11.7 Å². The number of aryl methyl sites for hydroxylation is 2. The van der Waals surface area contributed by atoms with Gasteiger partial charge in [-0.25, -0.2) is 19.2 Å². The number of halogens is 1. The Hall–Kier alpha value is -3.32. The smallest absolute Gasteiger partial charge is 0.322 e. The molecule has 2 heterocycles. The van der Waals surface area contributed by atoms with Crippen molar-refractivity contribution in [1.82, 2.24) is 20.2 Å². The fourth-order valence-electron chi connectivity index (χ4n) is 5.77. The summed E-state index contributed by atoms with van der Waals surface area (Å²) in [5.74, 6) is 0.313. The topological polar surface area (TPSA) is 61.4 Å². The van der Waals surface area contributed by atoms with Gasteiger partial charge in [-0.05, 0) is 82.4 Å². The minimum Gasteiger partial charge on any atom is -0.330 e. The third kappa shape index (κ3) is 4.08. The summed E-state index contributed by atoms with van der Waals surface area (Å²) in [6.45, 7) is 4.07. The van der Waals surface area contributed by atoms with E-state index in [1.54, 1.807) is 43.3 Å². The lowest BCUT2D eigenvalue weighted by Crippen LogP contribution is -2.54. The van der Waals surface area contributed by atoms with Gasteiger partial charge in [0.2, 0.25) is 0 Å². The second-order valence-electron chi connectivity index (χ2n) is 10.3. The number of urea groups is 1. The molecule has 1 aliphatic heterocycles. The first-order valence-electron chi connectivity index (χ1n) is 12.1. The Kier molecular flexibility index (Phi) is 5.83. The SMILES string of the molecule is Cc1cc(-c2ncc(N3CC4(CCC(c5ccccc5)(N(C)C)CC4)NC3=O)cn2)cc(C)c1F. The zero-order chi connectivity index (χ0) is 24.8. The van der Waals surface area contributed by atoms with Gasteiger partial charge in [-0.1, -0.05) is 30.3 Å². The lowest BCUT2D eigenvalue weighted by atomic mass is 9.69. The highest BCUT2D eigenvalue weighted by atomic mass is 19.1. The van der Waals surface area contributed by atoms with Crippen LogP contribution in [0, 0.1) is 19.7 Å². The number of hydrogen-bond acceptors (Lipinski definition) is 4. The van der Waals surface area contributed by atoms with E-state index in [4.69, 9.17) is 0 Å². The summed E-state index contributed by atoms with van der Waals surface area (Å²) in [5, 5.41) is 3.28. The average Bonchev–Trinajstić information content (AvgIpc) is 3.19. The third-order valence-electron chi connectivity index (χ3n) is 7.92. The van der Waals surface area contributed by atoms with E-state index < -0.39 is 0 Å². The van der Waals surface area contributed by atoms with Gasteiger partial charge in [-0.3, -0.25) is 9.80 Å². The van der Waals surface area contributed by atoms with Crippen molar-refractivity contribution in [3.05, 3.63) is 77.4 Å². The molecular formula is C28H32FN5O. The number of hydrogen-bond donors (Lipinski definition) is 1. The first kappa shape index (κ1) is 23.4. The number of anilines is 1. The highest BCUT2D eigenvalue weighted by Crippen LogP contribution is 2.46. The van der Waals surface area contributed by atoms with Gasteiger partial charge in [0, 0.05) is 11.1 Å². The van der Waals surface area contributed by atoms with Gasteiger partial charge in [0.15, 0.2) is 5.82 Å². The van der Waals surface area contributed by atoms with E-state index in [1.807, 2.05) is 0 Å². The van der Waals surface area contributed by atoms with Crippen LogP contribution in [0.2, 0.25) is 0 Å². The van der Waals surface area contributed by atoms with Gasteiger partial charge in [0.05, 0.1) is 30.2 Å². The molecule has 1 aliphatic carbocycles. The number of carbonyl (C=O) groups is 1. The minimum absolute atomic E-state index is 0.0269. The summed E-state index contributed by atoms with van der Waals surface area (Å²) < 4.78 is 14.0. The van der Waals surface area contributed by atoms with Crippen LogP contribution < -0.4 is 10.2 Å². The van der Waals surface area contributed by atoms with Gasteiger partial charge in [0.1, 0.15) is 5.82 Å². The fourth-order valence-corrected chi connectivity index (χ4v) is 5.77. The number of benzene rings is 2. The Labute approximate surface area is 206 Å². The van der Waals surface area contributed by atoms with Crippen molar-refractivity contribution in [1.29, 1.82) is 0 Å². The molecule has 6 nitrogen and oxygen atoms in total. The molecule has 5 rings (SSSR count). The third-order valence-corrected chi connectivity index (χ3v) is 7.92. The first-order chi connectivity index (χ1) is 16.7. The Morgan fingerprint density at radius 1 is 0.971 bits per heavy atom. The number of aromatic nitrogens is 2. The van der Waals surface area contributed by atoms with Crippen LogP contribution in [0.15, 0.2) is 54.9 Å². The highest BCUT2D eigenvalue weighted by molar-refractivity contribution is 5.95. The molecule has 2 amide bonds. The largest absolute Gasteiger partial charge is 0.330 e. The average molecular weight is 474 g/mol. The van der Waals surface area contributed by atoms with E-state index >= 15 is 0 Å². The fraction of sp³-hybridized carbons (Fsp3) is 0.393. The molecule has 182 valence electrons. The highest BCUT2D eigenvalue weighted by Gasteiger charge is 2.50. The Balaban J connectivity index is 1.33. The van der Waals surface area contributed by atoms with E-state index in [2.05, 4.69) is 64.6 Å². The number of carbonyl (C=O) groups excluding carboxylic acids is 1. The maximum atomic E-state index is 14.0. The van der Waals surface area contributed by atoms with E-state index in [1.165, 1.54) is 5.56 Å². The summed E-state index contributed by atoms with van der Waals surface area (Å²) in [7, 11) is 4.29.